The van der Waals surface area contributed by atoms with Gasteiger partial charge in [-0.2, -0.15) is 0 Å². The second-order valence-corrected chi connectivity index (χ2v) is 8.16. The second kappa shape index (κ2) is 8.11. The molecule has 3 rings (SSSR count). The first-order valence-electron chi connectivity index (χ1n) is 9.79. The van der Waals surface area contributed by atoms with E-state index >= 15 is 0 Å². The fraction of sp³-hybridized carbons (Fsp3) is 0.333. The van der Waals surface area contributed by atoms with Gasteiger partial charge in [0, 0.05) is 12.0 Å². The third-order valence-electron chi connectivity index (χ3n) is 4.93. The number of nitrogens with zero attached hydrogens (tertiary/aromatic N) is 1. The van der Waals surface area contributed by atoms with Crippen LogP contribution in [0.1, 0.15) is 44.9 Å². The Hall–Kier alpha value is -3.08. The summed E-state index contributed by atoms with van der Waals surface area (Å²) in [6.45, 7) is 8.12. The number of ether oxygens (including phenoxy) is 1. The Kier molecular flexibility index (Phi) is 5.78. The SMILES string of the molecule is CCOc1ccc(C2C(C(=O)C(C)(C)C)=C(O)C(=O)N2Cc2ccccc2)cc1. The van der Waals surface area contributed by atoms with Crippen molar-refractivity contribution < 1.29 is 19.4 Å². The molecular weight excluding hydrogens is 366 g/mol. The molecule has 5 nitrogen and oxygen atoms in total. The van der Waals surface area contributed by atoms with Crippen molar-refractivity contribution in [2.45, 2.75) is 40.3 Å². The van der Waals surface area contributed by atoms with E-state index < -0.39 is 23.1 Å². The molecule has 29 heavy (non-hydrogen) atoms. The molecule has 1 aliphatic rings. The van der Waals surface area contributed by atoms with E-state index in [4.69, 9.17) is 4.74 Å². The summed E-state index contributed by atoms with van der Waals surface area (Å²) in [5, 5.41) is 10.7. The van der Waals surface area contributed by atoms with E-state index in [-0.39, 0.29) is 11.4 Å². The van der Waals surface area contributed by atoms with Crippen LogP contribution in [0, 0.1) is 5.41 Å². The normalized spacial score (nSPS) is 17.0. The number of rotatable bonds is 6. The van der Waals surface area contributed by atoms with Gasteiger partial charge in [-0.15, -0.1) is 0 Å². The van der Waals surface area contributed by atoms with Crippen LogP contribution in [0.2, 0.25) is 0 Å². The van der Waals surface area contributed by atoms with Crippen molar-refractivity contribution in [2.24, 2.45) is 5.41 Å². The molecule has 0 fully saturated rings. The number of aliphatic hydroxyl groups excluding tert-OH is 1. The first kappa shape index (κ1) is 20.6. The monoisotopic (exact) mass is 393 g/mol. The minimum absolute atomic E-state index is 0.155. The Morgan fingerprint density at radius 1 is 1.07 bits per heavy atom. The van der Waals surface area contributed by atoms with Crippen LogP contribution in [0.5, 0.6) is 5.75 Å². The number of benzene rings is 2. The number of amides is 1. The zero-order valence-corrected chi connectivity index (χ0v) is 17.3. The Morgan fingerprint density at radius 3 is 2.24 bits per heavy atom. The van der Waals surface area contributed by atoms with E-state index in [1.165, 1.54) is 0 Å². The summed E-state index contributed by atoms with van der Waals surface area (Å²) in [5.41, 5.74) is 1.11. The molecule has 1 unspecified atom stereocenters. The molecule has 0 spiro atoms. The molecule has 0 aromatic heterocycles. The Morgan fingerprint density at radius 2 is 1.69 bits per heavy atom. The van der Waals surface area contributed by atoms with Crippen molar-refractivity contribution in [3.05, 3.63) is 77.1 Å². The van der Waals surface area contributed by atoms with Crippen LogP contribution in [-0.4, -0.2) is 28.3 Å². The third-order valence-corrected chi connectivity index (χ3v) is 4.93. The van der Waals surface area contributed by atoms with Gasteiger partial charge in [0.15, 0.2) is 11.5 Å². The molecule has 2 aromatic carbocycles. The van der Waals surface area contributed by atoms with Gasteiger partial charge in [0.2, 0.25) is 0 Å². The molecule has 152 valence electrons. The lowest BCUT2D eigenvalue weighted by Gasteiger charge is -2.29. The lowest BCUT2D eigenvalue weighted by Crippen LogP contribution is -2.32. The van der Waals surface area contributed by atoms with Gasteiger partial charge >= 0.3 is 0 Å². The summed E-state index contributed by atoms with van der Waals surface area (Å²) >= 11 is 0. The zero-order valence-electron chi connectivity index (χ0n) is 17.3. The highest BCUT2D eigenvalue weighted by Gasteiger charge is 2.45. The smallest absolute Gasteiger partial charge is 0.290 e. The van der Waals surface area contributed by atoms with Crippen molar-refractivity contribution in [1.82, 2.24) is 4.90 Å². The summed E-state index contributed by atoms with van der Waals surface area (Å²) in [7, 11) is 0. The largest absolute Gasteiger partial charge is 0.503 e. The van der Waals surface area contributed by atoms with Gasteiger partial charge in [-0.05, 0) is 30.2 Å². The zero-order chi connectivity index (χ0) is 21.2. The lowest BCUT2D eigenvalue weighted by molar-refractivity contribution is -0.130. The third kappa shape index (κ3) is 4.19. The van der Waals surface area contributed by atoms with Crippen LogP contribution in [0.25, 0.3) is 0 Å². The summed E-state index contributed by atoms with van der Waals surface area (Å²) < 4.78 is 5.51. The summed E-state index contributed by atoms with van der Waals surface area (Å²) in [5.74, 6) is -0.509. The molecule has 1 amide bonds. The topological polar surface area (TPSA) is 66.8 Å². The van der Waals surface area contributed by atoms with E-state index in [0.717, 1.165) is 11.1 Å². The van der Waals surface area contributed by atoms with Crippen molar-refractivity contribution in [1.29, 1.82) is 0 Å². The van der Waals surface area contributed by atoms with Crippen molar-refractivity contribution in [2.75, 3.05) is 6.61 Å². The van der Waals surface area contributed by atoms with Gasteiger partial charge < -0.3 is 14.7 Å². The minimum atomic E-state index is -0.726. The van der Waals surface area contributed by atoms with Crippen molar-refractivity contribution >= 4 is 11.7 Å². The number of aliphatic hydroxyl groups is 1. The summed E-state index contributed by atoms with van der Waals surface area (Å²) in [6.07, 6.45) is 0. The van der Waals surface area contributed by atoms with Crippen LogP contribution in [0.3, 0.4) is 0 Å². The highest BCUT2D eigenvalue weighted by atomic mass is 16.5. The van der Waals surface area contributed by atoms with Crippen LogP contribution in [-0.2, 0) is 16.1 Å². The average molecular weight is 393 g/mol. The van der Waals surface area contributed by atoms with Gasteiger partial charge in [0.05, 0.1) is 18.2 Å². The minimum Gasteiger partial charge on any atom is -0.503 e. The number of carbonyl (C=O) groups excluding carboxylic acids is 2. The summed E-state index contributed by atoms with van der Waals surface area (Å²) in [4.78, 5) is 27.7. The molecule has 2 aromatic rings. The molecule has 0 saturated heterocycles. The van der Waals surface area contributed by atoms with Crippen LogP contribution in [0.15, 0.2) is 65.9 Å². The predicted octanol–water partition coefficient (Wildman–Crippen LogP) is 4.60. The Bertz CT molecular complexity index is 924. The van der Waals surface area contributed by atoms with Crippen molar-refractivity contribution in [3.8, 4) is 5.75 Å². The van der Waals surface area contributed by atoms with Crippen LogP contribution >= 0.6 is 0 Å². The standard InChI is InChI=1S/C24H27NO4/c1-5-29-18-13-11-17(12-14-18)20-19(22(27)24(2,3)4)21(26)23(28)25(20)15-16-9-7-6-8-10-16/h6-14,20,26H,5,15H2,1-4H3. The maximum Gasteiger partial charge on any atom is 0.290 e. The van der Waals surface area contributed by atoms with E-state index in [1.54, 1.807) is 25.7 Å². The molecule has 5 heteroatoms. The number of hydrogen-bond acceptors (Lipinski definition) is 4. The molecule has 1 aliphatic heterocycles. The average Bonchev–Trinajstić information content (AvgIpc) is 2.93. The first-order chi connectivity index (χ1) is 13.7. The van der Waals surface area contributed by atoms with Gasteiger partial charge in [-0.1, -0.05) is 63.2 Å². The lowest BCUT2D eigenvalue weighted by atomic mass is 9.82. The Labute approximate surface area is 171 Å². The Balaban J connectivity index is 2.06. The van der Waals surface area contributed by atoms with E-state index in [1.807, 2.05) is 61.5 Å². The second-order valence-electron chi connectivity index (χ2n) is 8.16. The fourth-order valence-electron chi connectivity index (χ4n) is 3.49. The molecule has 0 aliphatic carbocycles. The molecular formula is C24H27NO4. The van der Waals surface area contributed by atoms with Crippen LogP contribution in [0.4, 0.5) is 0 Å². The van der Waals surface area contributed by atoms with Crippen LogP contribution < -0.4 is 4.74 Å². The first-order valence-corrected chi connectivity index (χ1v) is 9.79. The molecule has 0 bridgehead atoms. The van der Waals surface area contributed by atoms with E-state index in [2.05, 4.69) is 0 Å². The van der Waals surface area contributed by atoms with E-state index in [0.29, 0.717) is 18.9 Å². The van der Waals surface area contributed by atoms with E-state index in [9.17, 15) is 14.7 Å². The van der Waals surface area contributed by atoms with Gasteiger partial charge in [-0.25, -0.2) is 0 Å². The maximum atomic E-state index is 13.2. The molecule has 0 saturated carbocycles. The van der Waals surface area contributed by atoms with Gasteiger partial charge in [0.25, 0.3) is 5.91 Å². The quantitative estimate of drug-likeness (QED) is 0.779. The molecule has 1 atom stereocenters. The highest BCUT2D eigenvalue weighted by Crippen LogP contribution is 2.42. The van der Waals surface area contributed by atoms with Crippen molar-refractivity contribution in [3.63, 3.8) is 0 Å². The fourth-order valence-corrected chi connectivity index (χ4v) is 3.49. The summed E-state index contributed by atoms with van der Waals surface area (Å²) in [6, 6.07) is 16.2. The highest BCUT2D eigenvalue weighted by molar-refractivity contribution is 6.10. The number of carbonyl (C=O) groups is 2. The predicted molar refractivity (Wildman–Crippen MR) is 111 cm³/mol. The molecule has 1 heterocycles. The van der Waals surface area contributed by atoms with Gasteiger partial charge in [-0.3, -0.25) is 9.59 Å². The molecule has 1 N–H and O–H groups in total. The molecule has 0 radical (unpaired) electrons. The number of Topliss-reactive ketones (excluding diaryl/α,β-unsaturated/α-hetero) is 1. The number of ketones is 1. The maximum absolute atomic E-state index is 13.2. The van der Waals surface area contributed by atoms with Gasteiger partial charge in [0.1, 0.15) is 5.75 Å². The number of hydrogen-bond donors (Lipinski definition) is 1.